The molecule has 0 bridgehead atoms. The summed E-state index contributed by atoms with van der Waals surface area (Å²) in [5.41, 5.74) is -0.0699. The van der Waals surface area contributed by atoms with Crippen molar-refractivity contribution in [2.45, 2.75) is 39.2 Å². The molecule has 1 aliphatic rings. The third kappa shape index (κ3) is 5.97. The number of rotatable bonds is 8. The first-order chi connectivity index (χ1) is 12.0. The van der Waals surface area contributed by atoms with Crippen LogP contribution in [0.1, 0.15) is 43.6 Å². The van der Waals surface area contributed by atoms with Gasteiger partial charge in [-0.3, -0.25) is 4.79 Å². The molecule has 8 heteroatoms. The molecule has 0 radical (unpaired) electrons. The van der Waals surface area contributed by atoms with E-state index in [9.17, 15) is 9.59 Å². The van der Waals surface area contributed by atoms with Crippen LogP contribution in [0.5, 0.6) is 0 Å². The maximum absolute atomic E-state index is 12.2. The van der Waals surface area contributed by atoms with Crippen molar-refractivity contribution in [3.63, 3.8) is 0 Å². The van der Waals surface area contributed by atoms with Crippen LogP contribution in [0.25, 0.3) is 0 Å². The Morgan fingerprint density at radius 2 is 2.04 bits per heavy atom. The Morgan fingerprint density at radius 3 is 2.60 bits per heavy atom. The highest BCUT2D eigenvalue weighted by Crippen LogP contribution is 2.21. The summed E-state index contributed by atoms with van der Waals surface area (Å²) in [6.45, 7) is 6.68. The Kier molecular flexibility index (Phi) is 7.12. The van der Waals surface area contributed by atoms with Gasteiger partial charge in [-0.1, -0.05) is 0 Å². The molecule has 2 heterocycles. The molecule has 8 nitrogen and oxygen atoms in total. The molecule has 0 aliphatic carbocycles. The van der Waals surface area contributed by atoms with Crippen molar-refractivity contribution in [3.05, 3.63) is 18.1 Å². The summed E-state index contributed by atoms with van der Waals surface area (Å²) >= 11 is 0. The zero-order valence-corrected chi connectivity index (χ0v) is 14.8. The number of carbonyl (C=O) groups is 2. The Bertz CT molecular complexity index is 569. The van der Waals surface area contributed by atoms with Crippen LogP contribution in [0.15, 0.2) is 12.4 Å². The van der Waals surface area contributed by atoms with E-state index in [1.165, 1.54) is 12.4 Å². The number of carboxylic acids is 1. The lowest BCUT2D eigenvalue weighted by atomic mass is 9.96. The number of nitrogens with zero attached hydrogens (tertiary/aromatic N) is 3. The largest absolute Gasteiger partial charge is 0.476 e. The van der Waals surface area contributed by atoms with Gasteiger partial charge in [-0.15, -0.1) is 0 Å². The van der Waals surface area contributed by atoms with Crippen molar-refractivity contribution in [2.24, 2.45) is 5.92 Å². The monoisotopic (exact) mass is 350 g/mol. The van der Waals surface area contributed by atoms with Crippen molar-refractivity contribution >= 4 is 17.7 Å². The highest BCUT2D eigenvalue weighted by Gasteiger charge is 2.25. The molecule has 0 spiro atoms. The van der Waals surface area contributed by atoms with Gasteiger partial charge in [-0.2, -0.15) is 0 Å². The number of aromatic carboxylic acids is 1. The number of nitrogens with one attached hydrogen (secondary N) is 1. The number of ether oxygens (including phenoxy) is 1. The first kappa shape index (κ1) is 19.1. The summed E-state index contributed by atoms with van der Waals surface area (Å²) in [5.74, 6) is -0.340. The van der Waals surface area contributed by atoms with Gasteiger partial charge in [0, 0.05) is 32.2 Å². The van der Waals surface area contributed by atoms with E-state index in [1.807, 2.05) is 18.7 Å². The average molecular weight is 350 g/mol. The molecular weight excluding hydrogens is 324 g/mol. The third-order valence-electron chi connectivity index (χ3n) is 4.12. The fourth-order valence-electron chi connectivity index (χ4n) is 2.71. The number of hydrogen-bond donors (Lipinski definition) is 2. The van der Waals surface area contributed by atoms with Crippen molar-refractivity contribution in [1.29, 1.82) is 0 Å². The summed E-state index contributed by atoms with van der Waals surface area (Å²) < 4.78 is 5.45. The van der Waals surface area contributed by atoms with E-state index < -0.39 is 5.97 Å². The molecule has 25 heavy (non-hydrogen) atoms. The van der Waals surface area contributed by atoms with Gasteiger partial charge in [0.2, 0.25) is 5.91 Å². The van der Waals surface area contributed by atoms with Gasteiger partial charge in [-0.05, 0) is 33.1 Å². The molecule has 1 saturated heterocycles. The van der Waals surface area contributed by atoms with Gasteiger partial charge in [0.25, 0.3) is 0 Å². The zero-order chi connectivity index (χ0) is 18.2. The third-order valence-corrected chi connectivity index (χ3v) is 4.12. The molecule has 1 fully saturated rings. The van der Waals surface area contributed by atoms with Crippen molar-refractivity contribution in [3.8, 4) is 0 Å². The lowest BCUT2D eigenvalue weighted by Crippen LogP contribution is -2.41. The molecule has 0 atom stereocenters. The molecular formula is C17H26N4O4. The Hall–Kier alpha value is -2.22. The predicted molar refractivity (Wildman–Crippen MR) is 92.6 cm³/mol. The molecule has 0 aromatic carbocycles. The summed E-state index contributed by atoms with van der Waals surface area (Å²) in [6, 6.07) is 0. The first-order valence-corrected chi connectivity index (χ1v) is 8.67. The van der Waals surface area contributed by atoms with E-state index in [0.717, 1.165) is 19.3 Å². The number of anilines is 1. The van der Waals surface area contributed by atoms with Crippen LogP contribution in [0.2, 0.25) is 0 Å². The number of carboxylic acid groups (broad SMARTS) is 1. The molecule has 1 aromatic heterocycles. The van der Waals surface area contributed by atoms with E-state index in [-0.39, 0.29) is 23.6 Å². The maximum Gasteiger partial charge on any atom is 0.356 e. The van der Waals surface area contributed by atoms with Crippen LogP contribution in [0, 0.1) is 5.92 Å². The number of amides is 1. The van der Waals surface area contributed by atoms with Gasteiger partial charge in [0.1, 0.15) is 5.82 Å². The summed E-state index contributed by atoms with van der Waals surface area (Å²) in [4.78, 5) is 33.0. The fraction of sp³-hybridized carbons (Fsp3) is 0.647. The van der Waals surface area contributed by atoms with E-state index in [2.05, 4.69) is 15.3 Å². The van der Waals surface area contributed by atoms with Crippen LogP contribution in [-0.2, 0) is 9.53 Å². The number of piperidine rings is 1. The van der Waals surface area contributed by atoms with Gasteiger partial charge >= 0.3 is 5.97 Å². The minimum atomic E-state index is -1.09. The minimum absolute atomic E-state index is 0.00789. The second-order valence-corrected chi connectivity index (χ2v) is 6.39. The molecule has 2 rings (SSSR count). The quantitative estimate of drug-likeness (QED) is 0.681. The fourth-order valence-corrected chi connectivity index (χ4v) is 2.71. The lowest BCUT2D eigenvalue weighted by Gasteiger charge is -2.31. The van der Waals surface area contributed by atoms with Crippen molar-refractivity contribution in [2.75, 3.05) is 31.1 Å². The Labute approximate surface area is 147 Å². The van der Waals surface area contributed by atoms with Crippen LogP contribution in [0.3, 0.4) is 0 Å². The van der Waals surface area contributed by atoms with Gasteiger partial charge in [0.15, 0.2) is 5.69 Å². The molecule has 1 aromatic rings. The second kappa shape index (κ2) is 9.31. The topological polar surface area (TPSA) is 105 Å². The van der Waals surface area contributed by atoms with Crippen LogP contribution in [-0.4, -0.2) is 59.3 Å². The standard InChI is InChI=1S/C17H26N4O4/c1-12(2)25-9-3-6-18-16(22)13-4-7-21(8-5-13)15-11-19-14(10-20-15)17(23)24/h10-13H,3-9H2,1-2H3,(H,18,22)(H,23,24). The predicted octanol–water partition coefficient (Wildman–Crippen LogP) is 1.32. The summed E-state index contributed by atoms with van der Waals surface area (Å²) in [6.07, 6.45) is 5.25. The highest BCUT2D eigenvalue weighted by atomic mass is 16.5. The SMILES string of the molecule is CC(C)OCCCNC(=O)C1CCN(c2cnc(C(=O)O)cn2)CC1. The number of aromatic nitrogens is 2. The Balaban J connectivity index is 1.71. The lowest BCUT2D eigenvalue weighted by molar-refractivity contribution is -0.125. The molecule has 138 valence electrons. The number of hydrogen-bond acceptors (Lipinski definition) is 6. The van der Waals surface area contributed by atoms with Crippen molar-refractivity contribution < 1.29 is 19.4 Å². The van der Waals surface area contributed by atoms with Crippen LogP contribution >= 0.6 is 0 Å². The smallest absolute Gasteiger partial charge is 0.356 e. The average Bonchev–Trinajstić information content (AvgIpc) is 2.61. The highest BCUT2D eigenvalue weighted by molar-refractivity contribution is 5.85. The van der Waals surface area contributed by atoms with Crippen LogP contribution < -0.4 is 10.2 Å². The second-order valence-electron chi connectivity index (χ2n) is 6.39. The summed E-state index contributed by atoms with van der Waals surface area (Å²) in [5, 5.41) is 11.8. The van der Waals surface area contributed by atoms with Gasteiger partial charge < -0.3 is 20.1 Å². The van der Waals surface area contributed by atoms with E-state index >= 15 is 0 Å². The van der Waals surface area contributed by atoms with Crippen LogP contribution in [0.4, 0.5) is 5.82 Å². The molecule has 2 N–H and O–H groups in total. The zero-order valence-electron chi connectivity index (χ0n) is 14.8. The molecule has 0 unspecified atom stereocenters. The van der Waals surface area contributed by atoms with Gasteiger partial charge in [0.05, 0.1) is 18.5 Å². The van der Waals surface area contributed by atoms with E-state index in [4.69, 9.17) is 9.84 Å². The first-order valence-electron chi connectivity index (χ1n) is 8.67. The van der Waals surface area contributed by atoms with Crippen molar-refractivity contribution in [1.82, 2.24) is 15.3 Å². The van der Waals surface area contributed by atoms with E-state index in [1.54, 1.807) is 0 Å². The number of carbonyl (C=O) groups excluding carboxylic acids is 1. The molecule has 1 aliphatic heterocycles. The molecule has 1 amide bonds. The van der Waals surface area contributed by atoms with Gasteiger partial charge in [-0.25, -0.2) is 14.8 Å². The molecule has 0 saturated carbocycles. The minimum Gasteiger partial charge on any atom is -0.476 e. The maximum atomic E-state index is 12.2. The van der Waals surface area contributed by atoms with E-state index in [0.29, 0.717) is 32.1 Å². The Morgan fingerprint density at radius 1 is 1.32 bits per heavy atom. The summed E-state index contributed by atoms with van der Waals surface area (Å²) in [7, 11) is 0. The normalized spacial score (nSPS) is 15.4.